The van der Waals surface area contributed by atoms with Gasteiger partial charge in [0, 0.05) is 17.3 Å². The molecule has 3 aromatic carbocycles. The summed E-state index contributed by atoms with van der Waals surface area (Å²) in [6, 6.07) is 12.2. The molecule has 33 heavy (non-hydrogen) atoms. The lowest BCUT2D eigenvalue weighted by molar-refractivity contribution is -0.385. The van der Waals surface area contributed by atoms with Gasteiger partial charge in [0.15, 0.2) is 11.5 Å². The van der Waals surface area contributed by atoms with E-state index in [1.54, 1.807) is 31.3 Å². The largest absolute Gasteiger partial charge is 0.490 e. The fourth-order valence-corrected chi connectivity index (χ4v) is 2.98. The Morgan fingerprint density at radius 3 is 2.42 bits per heavy atom. The minimum atomic E-state index is -4.72. The maximum Gasteiger partial charge on any atom is 0.416 e. The van der Waals surface area contributed by atoms with Gasteiger partial charge in [-0.05, 0) is 67.4 Å². The Morgan fingerprint density at radius 2 is 1.79 bits per heavy atom. The van der Waals surface area contributed by atoms with Gasteiger partial charge in [0.25, 0.3) is 0 Å². The first-order valence-electron chi connectivity index (χ1n) is 9.69. The van der Waals surface area contributed by atoms with E-state index in [4.69, 9.17) is 21.1 Å². The maximum atomic E-state index is 12.9. The highest BCUT2D eigenvalue weighted by molar-refractivity contribution is 6.31. The Labute approximate surface area is 192 Å². The van der Waals surface area contributed by atoms with Gasteiger partial charge < -0.3 is 9.47 Å². The first kappa shape index (κ1) is 24.1. The molecule has 3 aromatic rings. The van der Waals surface area contributed by atoms with Crippen molar-refractivity contribution in [1.82, 2.24) is 0 Å². The molecule has 0 saturated carbocycles. The number of benzene rings is 3. The molecule has 0 aliphatic heterocycles. The Hall–Kier alpha value is -3.59. The number of halogens is 4. The molecule has 0 amide bonds. The van der Waals surface area contributed by atoms with E-state index < -0.39 is 22.4 Å². The number of nitro benzene ring substituents is 1. The number of aliphatic imine (C=N–C) groups is 1. The van der Waals surface area contributed by atoms with E-state index in [2.05, 4.69) is 4.99 Å². The molecule has 172 valence electrons. The number of nitrogens with zero attached hydrogens (tertiary/aromatic N) is 2. The van der Waals surface area contributed by atoms with E-state index in [0.29, 0.717) is 22.3 Å². The Kier molecular flexibility index (Phi) is 7.23. The van der Waals surface area contributed by atoms with Crippen molar-refractivity contribution >= 4 is 29.2 Å². The molecule has 0 spiro atoms. The molecular weight excluding hydrogens is 461 g/mol. The maximum absolute atomic E-state index is 12.9. The third-order valence-corrected chi connectivity index (χ3v) is 4.90. The molecule has 6 nitrogen and oxygen atoms in total. The average Bonchev–Trinajstić information content (AvgIpc) is 2.75. The molecule has 0 aliphatic carbocycles. The van der Waals surface area contributed by atoms with Crippen LogP contribution in [0.2, 0.25) is 5.02 Å². The number of nitro groups is 1. The number of ether oxygens (including phenoxy) is 2. The van der Waals surface area contributed by atoms with Crippen LogP contribution in [0.15, 0.2) is 59.6 Å². The quantitative estimate of drug-likeness (QED) is 0.200. The topological polar surface area (TPSA) is 74.0 Å². The van der Waals surface area contributed by atoms with E-state index in [1.165, 1.54) is 6.07 Å². The van der Waals surface area contributed by atoms with Gasteiger partial charge in [0.05, 0.1) is 22.8 Å². The molecule has 0 N–H and O–H groups in total. The molecule has 10 heteroatoms. The van der Waals surface area contributed by atoms with Crippen molar-refractivity contribution in [3.05, 3.63) is 86.4 Å². The van der Waals surface area contributed by atoms with Crippen LogP contribution in [0.25, 0.3) is 0 Å². The fraction of sp³-hybridized carbons (Fsp3) is 0.174. The lowest BCUT2D eigenvalue weighted by Gasteiger charge is -2.13. The summed E-state index contributed by atoms with van der Waals surface area (Å²) in [5, 5.41) is 11.9. The van der Waals surface area contributed by atoms with Gasteiger partial charge >= 0.3 is 11.9 Å². The van der Waals surface area contributed by atoms with Crippen molar-refractivity contribution in [1.29, 1.82) is 0 Å². The normalized spacial score (nSPS) is 11.6. The summed E-state index contributed by atoms with van der Waals surface area (Å²) in [6.45, 7) is 3.88. The van der Waals surface area contributed by atoms with Gasteiger partial charge in [-0.2, -0.15) is 13.2 Å². The van der Waals surface area contributed by atoms with Crippen molar-refractivity contribution < 1.29 is 27.6 Å². The molecule has 0 aromatic heterocycles. The van der Waals surface area contributed by atoms with Gasteiger partial charge in [0.1, 0.15) is 0 Å². The van der Waals surface area contributed by atoms with Gasteiger partial charge in [-0.25, -0.2) is 0 Å². The zero-order valence-corrected chi connectivity index (χ0v) is 18.3. The van der Waals surface area contributed by atoms with Crippen molar-refractivity contribution in [3.8, 4) is 17.2 Å². The molecule has 0 radical (unpaired) electrons. The van der Waals surface area contributed by atoms with Crippen LogP contribution in [0.4, 0.5) is 24.5 Å². The van der Waals surface area contributed by atoms with Gasteiger partial charge in [-0.1, -0.05) is 17.7 Å². The SMILES string of the molecule is CCOc1cc(C=Nc2ccc(C)c(Cl)c2)ccc1Oc1ccc(C(F)(F)F)cc1[N+](=O)[O-]. The molecule has 0 fully saturated rings. The summed E-state index contributed by atoms with van der Waals surface area (Å²) in [4.78, 5) is 14.8. The Bertz CT molecular complexity index is 1210. The van der Waals surface area contributed by atoms with Gasteiger partial charge in [0.2, 0.25) is 5.75 Å². The first-order chi connectivity index (χ1) is 15.6. The van der Waals surface area contributed by atoms with Gasteiger partial charge in [-0.3, -0.25) is 15.1 Å². The van der Waals surface area contributed by atoms with Crippen LogP contribution in [0.3, 0.4) is 0 Å². The van der Waals surface area contributed by atoms with Crippen LogP contribution in [0.1, 0.15) is 23.6 Å². The summed E-state index contributed by atoms with van der Waals surface area (Å²) in [6.07, 6.45) is -3.14. The van der Waals surface area contributed by atoms with Crippen LogP contribution in [0, 0.1) is 17.0 Å². The zero-order chi connectivity index (χ0) is 24.2. The highest BCUT2D eigenvalue weighted by Gasteiger charge is 2.33. The third-order valence-electron chi connectivity index (χ3n) is 4.49. The summed E-state index contributed by atoms with van der Waals surface area (Å²) >= 11 is 6.11. The van der Waals surface area contributed by atoms with Crippen LogP contribution in [0.5, 0.6) is 17.2 Å². The second-order valence-electron chi connectivity index (χ2n) is 6.87. The van der Waals surface area contributed by atoms with E-state index in [-0.39, 0.29) is 23.9 Å². The predicted molar refractivity (Wildman–Crippen MR) is 119 cm³/mol. The summed E-state index contributed by atoms with van der Waals surface area (Å²) < 4.78 is 49.9. The molecule has 3 rings (SSSR count). The molecular formula is C23H18ClF3N2O4. The Morgan fingerprint density at radius 1 is 1.06 bits per heavy atom. The minimum absolute atomic E-state index is 0.107. The van der Waals surface area contributed by atoms with Crippen LogP contribution < -0.4 is 9.47 Å². The van der Waals surface area contributed by atoms with Crippen molar-refractivity contribution in [3.63, 3.8) is 0 Å². The van der Waals surface area contributed by atoms with Crippen LogP contribution in [-0.2, 0) is 6.18 Å². The van der Waals surface area contributed by atoms with E-state index >= 15 is 0 Å². The standard InChI is InChI=1S/C23H18ClF3N2O4/c1-3-32-22-10-15(13-28-17-7-4-14(2)18(24)12-17)5-8-21(22)33-20-9-6-16(23(25,26)27)11-19(20)29(30)31/h4-13H,3H2,1-2H3. The smallest absolute Gasteiger partial charge is 0.416 e. The molecule has 0 saturated heterocycles. The monoisotopic (exact) mass is 478 g/mol. The summed E-state index contributed by atoms with van der Waals surface area (Å²) in [5.74, 6) is 0.0116. The first-order valence-corrected chi connectivity index (χ1v) is 10.1. The van der Waals surface area contributed by atoms with E-state index in [9.17, 15) is 23.3 Å². The Balaban J connectivity index is 1.92. The minimum Gasteiger partial charge on any atom is -0.490 e. The molecule has 0 heterocycles. The molecule has 0 aliphatic rings. The van der Waals surface area contributed by atoms with Crippen LogP contribution in [-0.4, -0.2) is 17.7 Å². The summed E-state index contributed by atoms with van der Waals surface area (Å²) in [5.41, 5.74) is 0.255. The van der Waals surface area contributed by atoms with Crippen LogP contribution >= 0.6 is 11.6 Å². The third kappa shape index (κ3) is 6.01. The molecule has 0 bridgehead atoms. The molecule has 0 unspecified atom stereocenters. The number of alkyl halides is 3. The van der Waals surface area contributed by atoms with Gasteiger partial charge in [-0.15, -0.1) is 0 Å². The number of aryl methyl sites for hydroxylation is 1. The predicted octanol–water partition coefficient (Wildman–Crippen LogP) is 7.52. The lowest BCUT2D eigenvalue weighted by Crippen LogP contribution is -2.06. The second kappa shape index (κ2) is 9.91. The van der Waals surface area contributed by atoms with Crippen molar-refractivity contribution in [2.24, 2.45) is 4.99 Å². The highest BCUT2D eigenvalue weighted by Crippen LogP contribution is 2.40. The lowest BCUT2D eigenvalue weighted by atomic mass is 10.1. The van der Waals surface area contributed by atoms with E-state index in [0.717, 1.165) is 17.7 Å². The number of hydrogen-bond acceptors (Lipinski definition) is 5. The molecule has 0 atom stereocenters. The highest BCUT2D eigenvalue weighted by atomic mass is 35.5. The fourth-order valence-electron chi connectivity index (χ4n) is 2.81. The van der Waals surface area contributed by atoms with Crippen molar-refractivity contribution in [2.45, 2.75) is 20.0 Å². The second-order valence-corrected chi connectivity index (χ2v) is 7.28. The number of hydrogen-bond donors (Lipinski definition) is 0. The van der Waals surface area contributed by atoms with Crippen molar-refractivity contribution in [2.75, 3.05) is 6.61 Å². The zero-order valence-electron chi connectivity index (χ0n) is 17.5. The average molecular weight is 479 g/mol. The number of rotatable bonds is 7. The van der Waals surface area contributed by atoms with E-state index in [1.807, 2.05) is 19.1 Å². The summed E-state index contributed by atoms with van der Waals surface area (Å²) in [7, 11) is 0.